The highest BCUT2D eigenvalue weighted by Crippen LogP contribution is 2.24. The number of hydrogen-bond acceptors (Lipinski definition) is 6. The number of aromatic nitrogens is 2. The van der Waals surface area contributed by atoms with Crippen molar-refractivity contribution in [1.82, 2.24) is 15.1 Å². The van der Waals surface area contributed by atoms with Crippen LogP contribution in [0.5, 0.6) is 0 Å². The van der Waals surface area contributed by atoms with Gasteiger partial charge in [0, 0.05) is 0 Å². The number of carbonyl (C=O) groups is 2. The van der Waals surface area contributed by atoms with Crippen molar-refractivity contribution in [1.29, 1.82) is 0 Å². The lowest BCUT2D eigenvalue weighted by Gasteiger charge is -2.10. The zero-order chi connectivity index (χ0) is 14.3. The molecule has 0 atom stereocenters. The van der Waals surface area contributed by atoms with E-state index in [-0.39, 0.29) is 22.8 Å². The molecule has 1 aromatic heterocycles. The first-order valence-corrected chi connectivity index (χ1v) is 5.65. The molecule has 0 spiro atoms. The molecule has 8 heteroatoms. The number of nitrogens with zero attached hydrogens (tertiary/aromatic N) is 3. The molecule has 1 aromatic carbocycles. The average molecular weight is 271 g/mol. The molecule has 100 valence electrons. The van der Waals surface area contributed by atoms with Crippen molar-refractivity contribution in [2.75, 3.05) is 5.73 Å². The monoisotopic (exact) mass is 271 g/mol. The van der Waals surface area contributed by atoms with E-state index in [1.54, 1.807) is 24.3 Å². The van der Waals surface area contributed by atoms with E-state index < -0.39 is 11.8 Å². The lowest BCUT2D eigenvalue weighted by molar-refractivity contribution is -0.114. The Labute approximate surface area is 112 Å². The van der Waals surface area contributed by atoms with Crippen LogP contribution >= 0.6 is 0 Å². The Hall–Kier alpha value is -3.16. The summed E-state index contributed by atoms with van der Waals surface area (Å²) >= 11 is 0. The zero-order valence-electron chi connectivity index (χ0n) is 10.1. The number of hydrogen-bond donors (Lipinski definition) is 3. The van der Waals surface area contributed by atoms with Crippen LogP contribution in [0, 0.1) is 0 Å². The first-order chi connectivity index (χ1) is 9.63. The molecular weight excluding hydrogens is 262 g/mol. The van der Waals surface area contributed by atoms with E-state index in [4.69, 9.17) is 10.9 Å². The van der Waals surface area contributed by atoms with Gasteiger partial charge in [0.2, 0.25) is 0 Å². The number of oxime groups is 1. The van der Waals surface area contributed by atoms with Crippen molar-refractivity contribution in [2.24, 2.45) is 5.16 Å². The van der Waals surface area contributed by atoms with Crippen molar-refractivity contribution in [2.45, 2.75) is 0 Å². The summed E-state index contributed by atoms with van der Waals surface area (Å²) in [5, 5.41) is 17.9. The summed E-state index contributed by atoms with van der Waals surface area (Å²) in [7, 11) is 0. The van der Waals surface area contributed by atoms with Gasteiger partial charge in [-0.15, -0.1) is 0 Å². The second kappa shape index (κ2) is 4.19. The number of amides is 2. The van der Waals surface area contributed by atoms with Crippen molar-refractivity contribution in [3.63, 3.8) is 0 Å². The Morgan fingerprint density at radius 2 is 1.90 bits per heavy atom. The van der Waals surface area contributed by atoms with Crippen molar-refractivity contribution in [3.05, 3.63) is 41.6 Å². The first kappa shape index (κ1) is 11.9. The third kappa shape index (κ3) is 1.55. The summed E-state index contributed by atoms with van der Waals surface area (Å²) in [6.45, 7) is 0. The number of fused-ring (bicyclic) bond motifs is 1. The van der Waals surface area contributed by atoms with Gasteiger partial charge in [0.1, 0.15) is 17.1 Å². The Morgan fingerprint density at radius 3 is 2.55 bits per heavy atom. The van der Waals surface area contributed by atoms with Gasteiger partial charge in [-0.05, 0) is 12.1 Å². The molecule has 0 saturated heterocycles. The van der Waals surface area contributed by atoms with Gasteiger partial charge in [-0.25, -0.2) is 4.68 Å². The van der Waals surface area contributed by atoms with E-state index in [0.29, 0.717) is 5.69 Å². The number of rotatable bonds is 1. The van der Waals surface area contributed by atoms with Gasteiger partial charge >= 0.3 is 0 Å². The van der Waals surface area contributed by atoms with E-state index in [9.17, 15) is 9.59 Å². The molecule has 2 heterocycles. The second-order valence-electron chi connectivity index (χ2n) is 4.09. The van der Waals surface area contributed by atoms with Gasteiger partial charge in [-0.1, -0.05) is 23.4 Å². The second-order valence-corrected chi connectivity index (χ2v) is 4.09. The van der Waals surface area contributed by atoms with Crippen LogP contribution in [0.15, 0.2) is 35.5 Å². The fourth-order valence-corrected chi connectivity index (χ4v) is 2.01. The standard InChI is InChI=1S/C12H9N5O3/c13-10-7-8(9(16-20)12(19)14-11(7)18)15-17(10)6-4-2-1-3-5-6/h1-5,20H,13H2,(H,14,18,19)/b16-9+. The van der Waals surface area contributed by atoms with Crippen LogP contribution in [-0.2, 0) is 4.79 Å². The maximum absolute atomic E-state index is 11.8. The van der Waals surface area contributed by atoms with E-state index in [2.05, 4.69) is 10.3 Å². The third-order valence-electron chi connectivity index (χ3n) is 2.92. The van der Waals surface area contributed by atoms with E-state index >= 15 is 0 Å². The zero-order valence-corrected chi connectivity index (χ0v) is 10.1. The molecule has 0 saturated carbocycles. The molecule has 8 nitrogen and oxygen atoms in total. The van der Waals surface area contributed by atoms with Crippen LogP contribution in [0.3, 0.4) is 0 Å². The third-order valence-corrected chi connectivity index (χ3v) is 2.92. The largest absolute Gasteiger partial charge is 0.410 e. The van der Waals surface area contributed by atoms with Gasteiger partial charge in [0.15, 0.2) is 5.71 Å². The van der Waals surface area contributed by atoms with E-state index in [0.717, 1.165) is 0 Å². The lowest BCUT2D eigenvalue weighted by Crippen LogP contribution is -2.42. The number of nitrogens with one attached hydrogen (secondary N) is 1. The van der Waals surface area contributed by atoms with Crippen LogP contribution in [0.4, 0.5) is 5.82 Å². The smallest absolute Gasteiger partial charge is 0.282 e. The molecule has 3 rings (SSSR count). The summed E-state index contributed by atoms with van der Waals surface area (Å²) in [5.74, 6) is -1.42. The molecule has 0 bridgehead atoms. The summed E-state index contributed by atoms with van der Waals surface area (Å²) in [6, 6.07) is 8.86. The molecule has 2 amide bonds. The van der Waals surface area contributed by atoms with Gasteiger partial charge in [-0.2, -0.15) is 5.10 Å². The van der Waals surface area contributed by atoms with Crippen molar-refractivity contribution in [3.8, 4) is 5.69 Å². The quantitative estimate of drug-likeness (QED) is 0.380. The molecule has 0 fully saturated rings. The summed E-state index contributed by atoms with van der Waals surface area (Å²) in [5.41, 5.74) is 6.15. The highest BCUT2D eigenvalue weighted by molar-refractivity contribution is 6.51. The number of carbonyl (C=O) groups excluding carboxylic acids is 2. The number of benzene rings is 1. The van der Waals surface area contributed by atoms with Gasteiger partial charge < -0.3 is 10.9 Å². The van der Waals surface area contributed by atoms with Crippen LogP contribution < -0.4 is 11.1 Å². The lowest BCUT2D eigenvalue weighted by atomic mass is 10.1. The maximum Gasteiger partial charge on any atom is 0.282 e. The van der Waals surface area contributed by atoms with Crippen molar-refractivity contribution >= 4 is 23.3 Å². The number of nitrogens with two attached hydrogens (primary N) is 1. The summed E-state index contributed by atoms with van der Waals surface area (Å²) in [4.78, 5) is 23.4. The minimum absolute atomic E-state index is 0.0150. The summed E-state index contributed by atoms with van der Waals surface area (Å²) < 4.78 is 1.31. The summed E-state index contributed by atoms with van der Waals surface area (Å²) in [6.07, 6.45) is 0. The topological polar surface area (TPSA) is 123 Å². The van der Waals surface area contributed by atoms with Gasteiger partial charge in [0.05, 0.1) is 5.69 Å². The first-order valence-electron chi connectivity index (χ1n) is 5.65. The molecule has 0 radical (unpaired) electrons. The predicted octanol–water partition coefficient (Wildman–Crippen LogP) is -0.0972. The molecule has 20 heavy (non-hydrogen) atoms. The SMILES string of the molecule is Nc1c2c(nn1-c1ccccc1)/C(=N\O)C(=O)NC2=O. The van der Waals surface area contributed by atoms with Crippen molar-refractivity contribution < 1.29 is 14.8 Å². The molecular formula is C12H9N5O3. The fraction of sp³-hybridized carbons (Fsp3) is 0. The maximum atomic E-state index is 11.8. The Kier molecular flexibility index (Phi) is 2.50. The predicted molar refractivity (Wildman–Crippen MR) is 68.8 cm³/mol. The average Bonchev–Trinajstić information content (AvgIpc) is 2.78. The molecule has 4 N–H and O–H groups in total. The normalized spacial score (nSPS) is 16.1. The van der Waals surface area contributed by atoms with Gasteiger partial charge in [0.25, 0.3) is 11.8 Å². The Morgan fingerprint density at radius 1 is 1.20 bits per heavy atom. The van der Waals surface area contributed by atoms with Crippen LogP contribution in [0.1, 0.15) is 16.1 Å². The minimum atomic E-state index is -0.817. The Bertz CT molecular complexity index is 748. The molecule has 1 aliphatic heterocycles. The Balaban J connectivity index is 2.26. The molecule has 0 aliphatic carbocycles. The molecule has 1 aliphatic rings. The van der Waals surface area contributed by atoms with Gasteiger partial charge in [-0.3, -0.25) is 14.9 Å². The molecule has 0 unspecified atom stereocenters. The van der Waals surface area contributed by atoms with Crippen LogP contribution in [-0.4, -0.2) is 32.5 Å². The van der Waals surface area contributed by atoms with E-state index in [1.807, 2.05) is 11.4 Å². The highest BCUT2D eigenvalue weighted by atomic mass is 16.4. The molecule has 2 aromatic rings. The highest BCUT2D eigenvalue weighted by Gasteiger charge is 2.35. The minimum Gasteiger partial charge on any atom is -0.410 e. The number of para-hydroxylation sites is 1. The van der Waals surface area contributed by atoms with Crippen LogP contribution in [0.25, 0.3) is 5.69 Å². The number of nitrogen functional groups attached to an aromatic ring is 1. The van der Waals surface area contributed by atoms with Crippen LogP contribution in [0.2, 0.25) is 0 Å². The number of imide groups is 1. The fourth-order valence-electron chi connectivity index (χ4n) is 2.01. The van der Waals surface area contributed by atoms with E-state index in [1.165, 1.54) is 4.68 Å². The number of anilines is 1.